The Kier molecular flexibility index (Phi) is 6.99. The summed E-state index contributed by atoms with van der Waals surface area (Å²) in [7, 11) is 1.63. The fraction of sp³-hybridized carbons (Fsp3) is 0.375. The molecule has 0 radical (unpaired) electrons. The van der Waals surface area contributed by atoms with Gasteiger partial charge >= 0.3 is 0 Å². The Morgan fingerprint density at radius 2 is 1.91 bits per heavy atom. The molecule has 1 aliphatic heterocycles. The molecule has 1 amide bonds. The highest BCUT2D eigenvalue weighted by molar-refractivity contribution is 7.99. The second-order valence-electron chi connectivity index (χ2n) is 7.95. The van der Waals surface area contributed by atoms with Crippen LogP contribution in [-0.4, -0.2) is 59.5 Å². The van der Waals surface area contributed by atoms with Gasteiger partial charge in [0, 0.05) is 36.9 Å². The highest BCUT2D eigenvalue weighted by Crippen LogP contribution is 2.23. The van der Waals surface area contributed by atoms with Crippen LogP contribution in [0.2, 0.25) is 0 Å². The summed E-state index contributed by atoms with van der Waals surface area (Å²) in [6.45, 7) is 6.58. The van der Waals surface area contributed by atoms with E-state index < -0.39 is 0 Å². The van der Waals surface area contributed by atoms with E-state index in [1.807, 2.05) is 29.2 Å². The van der Waals surface area contributed by atoms with Crippen molar-refractivity contribution in [3.63, 3.8) is 0 Å². The Morgan fingerprint density at radius 1 is 1.16 bits per heavy atom. The Hall–Kier alpha value is -3.00. The Morgan fingerprint density at radius 3 is 2.59 bits per heavy atom. The maximum absolute atomic E-state index is 12.7. The van der Waals surface area contributed by atoms with E-state index in [1.54, 1.807) is 7.11 Å². The van der Waals surface area contributed by atoms with E-state index in [2.05, 4.69) is 53.2 Å². The molecule has 1 aliphatic rings. The van der Waals surface area contributed by atoms with Crippen LogP contribution >= 0.6 is 11.8 Å². The largest absolute Gasteiger partial charge is 0.497 e. The number of hydrogen-bond donors (Lipinski definition) is 0. The first kappa shape index (κ1) is 22.2. The Balaban J connectivity index is 1.25. The number of benzene rings is 2. The lowest BCUT2D eigenvalue weighted by Crippen LogP contribution is -2.54. The van der Waals surface area contributed by atoms with Gasteiger partial charge in [0.25, 0.3) is 0 Å². The van der Waals surface area contributed by atoms with Crippen molar-refractivity contribution in [2.75, 3.05) is 37.4 Å². The van der Waals surface area contributed by atoms with Crippen LogP contribution in [-0.2, 0) is 10.5 Å². The molecular weight excluding hydrogens is 424 g/mol. The molecule has 0 N–H and O–H groups in total. The number of thioether (sulfide) groups is 1. The number of aromatic nitrogens is 2. The third-order valence-electron chi connectivity index (χ3n) is 5.61. The van der Waals surface area contributed by atoms with Gasteiger partial charge in [0.15, 0.2) is 0 Å². The van der Waals surface area contributed by atoms with Gasteiger partial charge in [-0.1, -0.05) is 22.9 Å². The number of amides is 1. The molecule has 4 rings (SSSR count). The summed E-state index contributed by atoms with van der Waals surface area (Å²) in [6.07, 6.45) is 0. The smallest absolute Gasteiger partial charge is 0.236 e. The molecule has 1 aromatic heterocycles. The Labute approximate surface area is 192 Å². The van der Waals surface area contributed by atoms with Crippen molar-refractivity contribution in [3.8, 4) is 17.1 Å². The first-order valence-corrected chi connectivity index (χ1v) is 11.8. The lowest BCUT2D eigenvalue weighted by atomic mass is 10.1. The molecule has 0 saturated carbocycles. The van der Waals surface area contributed by atoms with Gasteiger partial charge in [-0.25, -0.2) is 0 Å². The molecule has 32 heavy (non-hydrogen) atoms. The van der Waals surface area contributed by atoms with E-state index in [0.717, 1.165) is 30.9 Å². The van der Waals surface area contributed by atoms with Gasteiger partial charge in [0.05, 0.1) is 18.6 Å². The SMILES string of the molecule is COc1ccc(-c2noc(CSCC(=O)N3CCN(c4ccc(C)cc4)C(C)C3)n2)cc1. The predicted molar refractivity (Wildman–Crippen MR) is 127 cm³/mol. The van der Waals surface area contributed by atoms with E-state index in [-0.39, 0.29) is 11.9 Å². The summed E-state index contributed by atoms with van der Waals surface area (Å²) in [4.78, 5) is 21.5. The molecular formula is C24H28N4O3S. The summed E-state index contributed by atoms with van der Waals surface area (Å²) in [6, 6.07) is 16.4. The van der Waals surface area contributed by atoms with Crippen molar-refractivity contribution >= 4 is 23.4 Å². The van der Waals surface area contributed by atoms with Crippen molar-refractivity contribution < 1.29 is 14.1 Å². The molecule has 0 spiro atoms. The minimum absolute atomic E-state index is 0.153. The zero-order chi connectivity index (χ0) is 22.5. The van der Waals surface area contributed by atoms with Crippen LogP contribution in [0.25, 0.3) is 11.4 Å². The van der Waals surface area contributed by atoms with E-state index in [0.29, 0.717) is 23.2 Å². The normalized spacial score (nSPS) is 16.3. The summed E-state index contributed by atoms with van der Waals surface area (Å²) >= 11 is 1.50. The fourth-order valence-electron chi connectivity index (χ4n) is 3.79. The van der Waals surface area contributed by atoms with E-state index in [1.165, 1.54) is 23.0 Å². The van der Waals surface area contributed by atoms with Crippen LogP contribution < -0.4 is 9.64 Å². The molecule has 2 aromatic carbocycles. The number of aryl methyl sites for hydroxylation is 1. The molecule has 7 nitrogen and oxygen atoms in total. The molecule has 8 heteroatoms. The van der Waals surface area contributed by atoms with Crippen molar-refractivity contribution in [1.29, 1.82) is 0 Å². The van der Waals surface area contributed by atoms with Gasteiger partial charge in [-0.2, -0.15) is 4.98 Å². The summed E-state index contributed by atoms with van der Waals surface area (Å²) in [5.74, 6) is 2.90. The molecule has 0 aliphatic carbocycles. The molecule has 0 bridgehead atoms. The number of nitrogens with zero attached hydrogens (tertiary/aromatic N) is 4. The van der Waals surface area contributed by atoms with Crippen LogP contribution in [0.3, 0.4) is 0 Å². The van der Waals surface area contributed by atoms with Crippen LogP contribution in [0, 0.1) is 6.92 Å². The van der Waals surface area contributed by atoms with E-state index in [4.69, 9.17) is 9.26 Å². The highest BCUT2D eigenvalue weighted by Gasteiger charge is 2.26. The summed E-state index contributed by atoms with van der Waals surface area (Å²) in [5.41, 5.74) is 3.33. The third kappa shape index (κ3) is 5.24. The molecule has 168 valence electrons. The predicted octanol–water partition coefficient (Wildman–Crippen LogP) is 4.02. The summed E-state index contributed by atoms with van der Waals surface area (Å²) < 4.78 is 10.5. The molecule has 1 unspecified atom stereocenters. The van der Waals surface area contributed by atoms with Crippen molar-refractivity contribution in [2.24, 2.45) is 0 Å². The molecule has 2 heterocycles. The van der Waals surface area contributed by atoms with Gasteiger partial charge in [-0.05, 0) is 50.2 Å². The lowest BCUT2D eigenvalue weighted by molar-refractivity contribution is -0.129. The first-order chi connectivity index (χ1) is 15.5. The quantitative estimate of drug-likeness (QED) is 0.536. The number of rotatable bonds is 7. The van der Waals surface area contributed by atoms with Crippen LogP contribution in [0.5, 0.6) is 5.75 Å². The molecule has 1 saturated heterocycles. The fourth-order valence-corrected chi connectivity index (χ4v) is 4.54. The minimum atomic E-state index is 0.153. The van der Waals surface area contributed by atoms with Gasteiger partial charge in [-0.15, -0.1) is 11.8 Å². The average molecular weight is 453 g/mol. The number of methoxy groups -OCH3 is 1. The van der Waals surface area contributed by atoms with E-state index in [9.17, 15) is 4.79 Å². The van der Waals surface area contributed by atoms with Gasteiger partial charge in [0.1, 0.15) is 5.75 Å². The topological polar surface area (TPSA) is 71.7 Å². The monoisotopic (exact) mass is 452 g/mol. The average Bonchev–Trinajstić information content (AvgIpc) is 3.28. The third-order valence-corrected chi connectivity index (χ3v) is 6.52. The Bertz CT molecular complexity index is 1040. The summed E-state index contributed by atoms with van der Waals surface area (Å²) in [5, 5.41) is 4.04. The zero-order valence-corrected chi connectivity index (χ0v) is 19.5. The first-order valence-electron chi connectivity index (χ1n) is 10.7. The van der Waals surface area contributed by atoms with Crippen LogP contribution in [0.4, 0.5) is 5.69 Å². The maximum atomic E-state index is 12.7. The van der Waals surface area contributed by atoms with Gasteiger partial charge in [-0.3, -0.25) is 4.79 Å². The number of carbonyl (C=O) groups excluding carboxylic acids is 1. The number of carbonyl (C=O) groups is 1. The van der Waals surface area contributed by atoms with Crippen LogP contribution in [0.15, 0.2) is 53.1 Å². The molecule has 1 fully saturated rings. The second-order valence-corrected chi connectivity index (χ2v) is 8.94. The van der Waals surface area contributed by atoms with Crippen molar-refractivity contribution in [1.82, 2.24) is 15.0 Å². The highest BCUT2D eigenvalue weighted by atomic mass is 32.2. The zero-order valence-electron chi connectivity index (χ0n) is 18.7. The number of piperazine rings is 1. The minimum Gasteiger partial charge on any atom is -0.497 e. The van der Waals surface area contributed by atoms with Gasteiger partial charge in [0.2, 0.25) is 17.6 Å². The van der Waals surface area contributed by atoms with Crippen molar-refractivity contribution in [2.45, 2.75) is 25.6 Å². The van der Waals surface area contributed by atoms with Crippen molar-refractivity contribution in [3.05, 3.63) is 60.0 Å². The second kappa shape index (κ2) is 10.1. The molecule has 1 atom stereocenters. The number of ether oxygens (including phenoxy) is 1. The van der Waals surface area contributed by atoms with Gasteiger partial charge < -0.3 is 19.1 Å². The molecule has 3 aromatic rings. The van der Waals surface area contributed by atoms with Crippen LogP contribution in [0.1, 0.15) is 18.4 Å². The van der Waals surface area contributed by atoms with E-state index >= 15 is 0 Å². The number of anilines is 1. The number of hydrogen-bond acceptors (Lipinski definition) is 7. The maximum Gasteiger partial charge on any atom is 0.236 e. The standard InChI is InChI=1S/C24H28N4O3S/c1-17-4-8-20(9-5-17)28-13-12-27(14-18(28)2)23(29)16-32-15-22-25-24(26-31-22)19-6-10-21(30-3)11-7-19/h4-11,18H,12-16H2,1-3H3. The lowest BCUT2D eigenvalue weighted by Gasteiger charge is -2.41.